The monoisotopic (exact) mass is 329 g/mol. The first-order valence-corrected chi connectivity index (χ1v) is 7.44. The third-order valence-electron chi connectivity index (χ3n) is 4.30. The lowest BCUT2D eigenvalue weighted by Crippen LogP contribution is -2.50. The van der Waals surface area contributed by atoms with Crippen molar-refractivity contribution in [3.05, 3.63) is 35.6 Å². The van der Waals surface area contributed by atoms with Crippen molar-refractivity contribution in [2.45, 2.75) is 50.0 Å². The molecule has 1 amide bonds. The van der Waals surface area contributed by atoms with Crippen LogP contribution >= 0.6 is 0 Å². The summed E-state index contributed by atoms with van der Waals surface area (Å²) in [4.78, 5) is 23.7. The van der Waals surface area contributed by atoms with E-state index in [1.54, 1.807) is 6.07 Å². The molecule has 0 saturated heterocycles. The van der Waals surface area contributed by atoms with Gasteiger partial charge in [0.25, 0.3) is 0 Å². The molecule has 0 aliphatic heterocycles. The quantitative estimate of drug-likeness (QED) is 0.843. The van der Waals surface area contributed by atoms with E-state index in [1.807, 2.05) is 0 Å². The molecule has 1 aromatic carbocycles. The Labute approximate surface area is 131 Å². The predicted molar refractivity (Wildman–Crippen MR) is 76.7 cm³/mol. The van der Waals surface area contributed by atoms with Crippen molar-refractivity contribution in [2.24, 2.45) is 0 Å². The van der Waals surface area contributed by atoms with Crippen molar-refractivity contribution in [3.8, 4) is 0 Å². The number of aliphatic carboxylic acids is 1. The summed E-state index contributed by atoms with van der Waals surface area (Å²) in [5.74, 6) is -2.78. The van der Waals surface area contributed by atoms with Crippen molar-refractivity contribution >= 4 is 11.9 Å². The van der Waals surface area contributed by atoms with Gasteiger partial charge in [-0.05, 0) is 18.9 Å². The molecule has 1 aromatic rings. The van der Waals surface area contributed by atoms with Gasteiger partial charge < -0.3 is 10.4 Å². The number of rotatable bonds is 6. The first-order valence-electron chi connectivity index (χ1n) is 7.44. The lowest BCUT2D eigenvalue weighted by atomic mass is 9.77. The summed E-state index contributed by atoms with van der Waals surface area (Å²) in [5, 5.41) is 11.2. The highest BCUT2D eigenvalue weighted by Gasteiger charge is 2.45. The molecule has 0 spiro atoms. The molecule has 4 nitrogen and oxygen atoms in total. The van der Waals surface area contributed by atoms with Gasteiger partial charge in [0.15, 0.2) is 0 Å². The molecule has 1 saturated carbocycles. The fourth-order valence-corrected chi connectivity index (χ4v) is 3.14. The summed E-state index contributed by atoms with van der Waals surface area (Å²) in [6.45, 7) is 0. The topological polar surface area (TPSA) is 66.4 Å². The minimum Gasteiger partial charge on any atom is -0.480 e. The summed E-state index contributed by atoms with van der Waals surface area (Å²) < 4.78 is 39.1. The molecule has 1 aliphatic carbocycles. The van der Waals surface area contributed by atoms with Crippen molar-refractivity contribution in [1.29, 1.82) is 0 Å². The second-order valence-corrected chi connectivity index (χ2v) is 5.76. The van der Waals surface area contributed by atoms with Gasteiger partial charge in [-0.1, -0.05) is 31.0 Å². The van der Waals surface area contributed by atoms with Gasteiger partial charge in [0.05, 0.1) is 5.41 Å². The minimum atomic E-state index is -2.86. The number of benzene rings is 1. The Morgan fingerprint density at radius 1 is 1.22 bits per heavy atom. The van der Waals surface area contributed by atoms with E-state index in [4.69, 9.17) is 5.11 Å². The van der Waals surface area contributed by atoms with Crippen LogP contribution in [0, 0.1) is 5.82 Å². The smallest absolute Gasteiger partial charge is 0.326 e. The maximum Gasteiger partial charge on any atom is 0.326 e. The van der Waals surface area contributed by atoms with E-state index in [2.05, 4.69) is 5.32 Å². The van der Waals surface area contributed by atoms with Crippen LogP contribution in [0.3, 0.4) is 0 Å². The number of nitrogens with one attached hydrogen (secondary N) is 1. The lowest BCUT2D eigenvalue weighted by Gasteiger charge is -2.30. The van der Waals surface area contributed by atoms with Gasteiger partial charge in [-0.3, -0.25) is 4.79 Å². The van der Waals surface area contributed by atoms with Gasteiger partial charge in [-0.15, -0.1) is 0 Å². The van der Waals surface area contributed by atoms with E-state index >= 15 is 0 Å². The predicted octanol–water partition coefficient (Wildman–Crippen LogP) is 2.86. The molecule has 23 heavy (non-hydrogen) atoms. The summed E-state index contributed by atoms with van der Waals surface area (Å²) >= 11 is 0. The van der Waals surface area contributed by atoms with Crippen LogP contribution < -0.4 is 5.32 Å². The number of alkyl halides is 2. The van der Waals surface area contributed by atoms with E-state index in [-0.39, 0.29) is 5.56 Å². The normalized spacial score (nSPS) is 17.9. The highest BCUT2D eigenvalue weighted by Crippen LogP contribution is 2.42. The Morgan fingerprint density at radius 3 is 2.35 bits per heavy atom. The highest BCUT2D eigenvalue weighted by molar-refractivity contribution is 5.91. The molecule has 1 unspecified atom stereocenters. The molecule has 7 heteroatoms. The zero-order chi connectivity index (χ0) is 17.0. The molecule has 0 radical (unpaired) electrons. The highest BCUT2D eigenvalue weighted by atomic mass is 19.3. The molecule has 1 fully saturated rings. The second-order valence-electron chi connectivity index (χ2n) is 5.76. The maximum atomic E-state index is 14.1. The number of carboxylic acids is 1. The molecule has 0 aromatic heterocycles. The van der Waals surface area contributed by atoms with Crippen LogP contribution in [0.5, 0.6) is 0 Å². The van der Waals surface area contributed by atoms with E-state index in [9.17, 15) is 22.8 Å². The summed E-state index contributed by atoms with van der Waals surface area (Å²) in [6.07, 6.45) is -1.73. The van der Waals surface area contributed by atoms with Gasteiger partial charge in [0, 0.05) is 12.0 Å². The molecule has 1 atom stereocenters. The number of hydrogen-bond acceptors (Lipinski definition) is 2. The molecular formula is C16H18F3NO3. The first-order chi connectivity index (χ1) is 10.9. The maximum absolute atomic E-state index is 14.1. The average molecular weight is 329 g/mol. The third-order valence-corrected chi connectivity index (χ3v) is 4.30. The largest absolute Gasteiger partial charge is 0.480 e. The Morgan fingerprint density at radius 2 is 1.83 bits per heavy atom. The van der Waals surface area contributed by atoms with E-state index in [0.29, 0.717) is 25.7 Å². The number of carboxylic acid groups (broad SMARTS) is 1. The van der Waals surface area contributed by atoms with Gasteiger partial charge in [-0.2, -0.15) is 0 Å². The summed E-state index contributed by atoms with van der Waals surface area (Å²) in [6, 6.07) is 4.13. The fraction of sp³-hybridized carbons (Fsp3) is 0.500. The summed E-state index contributed by atoms with van der Waals surface area (Å²) in [5.41, 5.74) is -1.00. The van der Waals surface area contributed by atoms with Crippen LogP contribution in [0.1, 0.15) is 37.7 Å². The molecule has 0 bridgehead atoms. The van der Waals surface area contributed by atoms with Crippen LogP contribution in [0.4, 0.5) is 13.2 Å². The van der Waals surface area contributed by atoms with Gasteiger partial charge in [-0.25, -0.2) is 18.0 Å². The molecule has 126 valence electrons. The average Bonchev–Trinajstić information content (AvgIpc) is 2.97. The lowest BCUT2D eigenvalue weighted by molar-refractivity contribution is -0.144. The van der Waals surface area contributed by atoms with Crippen molar-refractivity contribution < 1.29 is 27.9 Å². The zero-order valence-electron chi connectivity index (χ0n) is 12.4. The van der Waals surface area contributed by atoms with E-state index in [0.717, 1.165) is 0 Å². The second kappa shape index (κ2) is 7.02. The van der Waals surface area contributed by atoms with Crippen molar-refractivity contribution in [2.75, 3.05) is 0 Å². The number of carbonyl (C=O) groups is 2. The van der Waals surface area contributed by atoms with Crippen LogP contribution in [0.25, 0.3) is 0 Å². The Bertz CT molecular complexity index is 586. The number of carbonyl (C=O) groups excluding carboxylic acids is 1. The molecule has 2 N–H and O–H groups in total. The molecule has 1 aliphatic rings. The Kier molecular flexibility index (Phi) is 5.28. The summed E-state index contributed by atoms with van der Waals surface area (Å²) in [7, 11) is 0. The van der Waals surface area contributed by atoms with E-state index < -0.39 is 42.0 Å². The Balaban J connectivity index is 2.29. The number of amides is 1. The van der Waals surface area contributed by atoms with Gasteiger partial charge in [0.2, 0.25) is 12.3 Å². The molecule has 2 rings (SSSR count). The fourth-order valence-electron chi connectivity index (χ4n) is 3.14. The van der Waals surface area contributed by atoms with Crippen molar-refractivity contribution in [1.82, 2.24) is 5.32 Å². The number of halogens is 3. The van der Waals surface area contributed by atoms with Gasteiger partial charge >= 0.3 is 5.97 Å². The van der Waals surface area contributed by atoms with Crippen LogP contribution in [-0.2, 0) is 15.0 Å². The van der Waals surface area contributed by atoms with Crippen LogP contribution in [0.15, 0.2) is 24.3 Å². The number of hydrogen-bond donors (Lipinski definition) is 2. The van der Waals surface area contributed by atoms with Crippen molar-refractivity contribution in [3.63, 3.8) is 0 Å². The van der Waals surface area contributed by atoms with Crippen LogP contribution in [-0.4, -0.2) is 29.5 Å². The molecule has 0 heterocycles. The zero-order valence-corrected chi connectivity index (χ0v) is 12.4. The Hall–Kier alpha value is -2.05. The molecular weight excluding hydrogens is 311 g/mol. The van der Waals surface area contributed by atoms with Gasteiger partial charge in [0.1, 0.15) is 11.9 Å². The SMILES string of the molecule is O=C(O)C(CC(F)F)NC(=O)C1(c2ccccc2F)CCCC1. The standard InChI is InChI=1S/C16H18F3NO3/c17-11-6-2-1-5-10(11)16(7-3-4-8-16)15(23)20-12(14(21)22)9-13(18)19/h1-2,5-6,12-13H,3-4,7-9H2,(H,20,23)(H,21,22). The third kappa shape index (κ3) is 3.65. The van der Waals surface area contributed by atoms with Crippen LogP contribution in [0.2, 0.25) is 0 Å². The first kappa shape index (κ1) is 17.3. The van der Waals surface area contributed by atoms with E-state index in [1.165, 1.54) is 18.2 Å². The minimum absolute atomic E-state index is 0.191.